The number of urea groups is 1. The van der Waals surface area contributed by atoms with E-state index in [4.69, 9.17) is 4.52 Å². The summed E-state index contributed by atoms with van der Waals surface area (Å²) >= 11 is 0. The molecule has 1 atom stereocenters. The van der Waals surface area contributed by atoms with Gasteiger partial charge in [-0.15, -0.1) is 0 Å². The molecule has 0 saturated heterocycles. The molecule has 1 aliphatic carbocycles. The van der Waals surface area contributed by atoms with Crippen molar-refractivity contribution in [2.24, 2.45) is 5.92 Å². The van der Waals surface area contributed by atoms with Gasteiger partial charge in [-0.05, 0) is 19.9 Å². The summed E-state index contributed by atoms with van der Waals surface area (Å²) in [5, 5.41) is 4.02. The van der Waals surface area contributed by atoms with Crippen molar-refractivity contribution in [3.63, 3.8) is 0 Å². The van der Waals surface area contributed by atoms with Crippen molar-refractivity contribution in [3.05, 3.63) is 60.0 Å². The van der Waals surface area contributed by atoms with Crippen LogP contribution < -0.4 is 0 Å². The zero-order valence-corrected chi connectivity index (χ0v) is 15.1. The molecule has 27 heavy (non-hydrogen) atoms. The average molecular weight is 363 g/mol. The first-order valence-corrected chi connectivity index (χ1v) is 8.82. The molecule has 7 heteroatoms. The van der Waals surface area contributed by atoms with Gasteiger partial charge >= 0.3 is 11.9 Å². The first-order chi connectivity index (χ1) is 13.1. The lowest BCUT2D eigenvalue weighted by molar-refractivity contribution is -0.460. The minimum Gasteiger partial charge on any atom is -0.335 e. The second-order valence-corrected chi connectivity index (χ2v) is 6.48. The molecule has 0 radical (unpaired) electrons. The summed E-state index contributed by atoms with van der Waals surface area (Å²) in [5.74, 6) is 0.115. The normalized spacial score (nSPS) is 19.0. The molecule has 0 bridgehead atoms. The first-order valence-electron chi connectivity index (χ1n) is 8.82. The average Bonchev–Trinajstić information content (AvgIpc) is 3.15. The molecule has 0 spiro atoms. The maximum atomic E-state index is 12.8. The van der Waals surface area contributed by atoms with Crippen LogP contribution in [0.2, 0.25) is 0 Å². The minimum absolute atomic E-state index is 0.117. The number of fused-ring (bicyclic) bond motifs is 1. The highest BCUT2D eigenvalue weighted by atomic mass is 16.5. The number of nitrogens with zero attached hydrogens (tertiary/aromatic N) is 4. The topological polar surface area (TPSA) is 79.3 Å². The van der Waals surface area contributed by atoms with E-state index in [1.807, 2.05) is 43.3 Å². The van der Waals surface area contributed by atoms with Crippen LogP contribution in [0.15, 0.2) is 53.1 Å². The van der Waals surface area contributed by atoms with Crippen LogP contribution in [-0.2, 0) is 11.3 Å². The summed E-state index contributed by atoms with van der Waals surface area (Å²) in [4.78, 5) is 31.0. The fourth-order valence-electron chi connectivity index (χ4n) is 3.24. The number of imide groups is 1. The summed E-state index contributed by atoms with van der Waals surface area (Å²) in [5.41, 5.74) is 2.62. The van der Waals surface area contributed by atoms with Crippen LogP contribution in [0.5, 0.6) is 0 Å². The second-order valence-electron chi connectivity index (χ2n) is 6.48. The Morgan fingerprint density at radius 3 is 2.70 bits per heavy atom. The Morgan fingerprint density at radius 1 is 1.19 bits per heavy atom. The van der Waals surface area contributed by atoms with Crippen LogP contribution in [0, 0.1) is 12.8 Å². The maximum absolute atomic E-state index is 12.8. The van der Waals surface area contributed by atoms with Gasteiger partial charge in [-0.3, -0.25) is 0 Å². The molecule has 0 fully saturated rings. The summed E-state index contributed by atoms with van der Waals surface area (Å²) in [6, 6.07) is 7.43. The molecule has 1 aliphatic heterocycles. The molecule has 1 unspecified atom stereocenters. The Hall–Kier alpha value is -3.35. The molecule has 0 N–H and O–H groups in total. The van der Waals surface area contributed by atoms with E-state index in [9.17, 15) is 9.59 Å². The molecular weight excluding hydrogens is 344 g/mol. The van der Waals surface area contributed by atoms with Crippen molar-refractivity contribution in [1.29, 1.82) is 0 Å². The van der Waals surface area contributed by atoms with Gasteiger partial charge in [0.2, 0.25) is 5.82 Å². The predicted octanol–water partition coefficient (Wildman–Crippen LogP) is 2.72. The number of amides is 3. The second kappa shape index (κ2) is 6.75. The van der Waals surface area contributed by atoms with Gasteiger partial charge in [-0.1, -0.05) is 53.2 Å². The lowest BCUT2D eigenvalue weighted by Gasteiger charge is -2.25. The quantitative estimate of drug-likeness (QED) is 0.781. The van der Waals surface area contributed by atoms with Crippen molar-refractivity contribution in [3.8, 4) is 11.4 Å². The van der Waals surface area contributed by atoms with Crippen molar-refractivity contribution < 1.29 is 18.7 Å². The van der Waals surface area contributed by atoms with E-state index in [-0.39, 0.29) is 18.5 Å². The molecule has 0 saturated carbocycles. The molecular formula is C20H19N4O3+. The summed E-state index contributed by atoms with van der Waals surface area (Å²) < 4.78 is 6.89. The van der Waals surface area contributed by atoms with Gasteiger partial charge in [-0.2, -0.15) is 19.3 Å². The Labute approximate surface area is 156 Å². The lowest BCUT2D eigenvalue weighted by Crippen LogP contribution is -2.53. The van der Waals surface area contributed by atoms with Crippen molar-refractivity contribution in [1.82, 2.24) is 15.0 Å². The van der Waals surface area contributed by atoms with Crippen molar-refractivity contribution >= 4 is 17.6 Å². The van der Waals surface area contributed by atoms with E-state index < -0.39 is 5.92 Å². The zero-order valence-electron chi connectivity index (χ0n) is 15.1. The molecule has 2 aromatic rings. The molecule has 1 aromatic carbocycles. The standard InChI is InChI=1S/C20H19N4O3/c1-3-23-19(25)15-6-4-5-7-16(15)24(20(23)26)12-17-21-18(22-27-17)14-10-8-13(2)9-11-14/h4-11,15H,3,12H2,1-2H3/q+1. The first kappa shape index (κ1) is 17.1. The number of hydrogen-bond donors (Lipinski definition) is 0. The molecule has 3 amide bonds. The summed E-state index contributed by atoms with van der Waals surface area (Å²) in [7, 11) is 0. The Bertz CT molecular complexity index is 998. The minimum atomic E-state index is -0.466. The highest BCUT2D eigenvalue weighted by molar-refractivity contribution is 6.16. The van der Waals surface area contributed by atoms with Gasteiger partial charge < -0.3 is 4.52 Å². The van der Waals surface area contributed by atoms with Crippen LogP contribution in [0.25, 0.3) is 11.4 Å². The SMILES string of the molecule is CCN1C(=O)C2C=CC=CC2=[N+](Cc2nc(-c3ccc(C)cc3)no2)C1=O. The number of carbonyl (C=O) groups is 2. The molecule has 2 heterocycles. The fraction of sp³-hybridized carbons (Fsp3) is 0.250. The van der Waals surface area contributed by atoms with Crippen molar-refractivity contribution in [2.75, 3.05) is 6.54 Å². The third-order valence-corrected chi connectivity index (χ3v) is 4.69. The van der Waals surface area contributed by atoms with Crippen molar-refractivity contribution in [2.45, 2.75) is 20.4 Å². The van der Waals surface area contributed by atoms with E-state index in [2.05, 4.69) is 10.1 Å². The highest BCUT2D eigenvalue weighted by Crippen LogP contribution is 2.22. The number of allylic oxidation sites excluding steroid dienone is 3. The van der Waals surface area contributed by atoms with Crippen LogP contribution in [0.3, 0.4) is 0 Å². The van der Waals surface area contributed by atoms with E-state index >= 15 is 0 Å². The maximum Gasteiger partial charge on any atom is 0.501 e. The Kier molecular flexibility index (Phi) is 4.27. The number of hydrogen-bond acceptors (Lipinski definition) is 5. The molecule has 136 valence electrons. The number of benzene rings is 1. The van der Waals surface area contributed by atoms with E-state index in [1.165, 1.54) is 9.48 Å². The molecule has 2 aliphatic rings. The number of carbonyl (C=O) groups excluding carboxylic acids is 2. The third-order valence-electron chi connectivity index (χ3n) is 4.69. The number of aromatic nitrogens is 2. The van der Waals surface area contributed by atoms with Gasteiger partial charge in [-0.25, -0.2) is 4.79 Å². The van der Waals surface area contributed by atoms with Gasteiger partial charge in [0.25, 0.3) is 5.89 Å². The monoisotopic (exact) mass is 363 g/mol. The van der Waals surface area contributed by atoms with E-state index in [0.717, 1.165) is 11.1 Å². The van der Waals surface area contributed by atoms with Gasteiger partial charge in [0, 0.05) is 5.56 Å². The lowest BCUT2D eigenvalue weighted by atomic mass is 9.94. The summed E-state index contributed by atoms with van der Waals surface area (Å²) in [6.45, 7) is 4.22. The highest BCUT2D eigenvalue weighted by Gasteiger charge is 2.46. The zero-order chi connectivity index (χ0) is 19.0. The van der Waals surface area contributed by atoms with E-state index in [1.54, 1.807) is 19.1 Å². The smallest absolute Gasteiger partial charge is 0.335 e. The molecule has 7 nitrogen and oxygen atoms in total. The van der Waals surface area contributed by atoms with Gasteiger partial charge in [0.1, 0.15) is 11.6 Å². The molecule has 4 rings (SSSR count). The van der Waals surface area contributed by atoms with Crippen LogP contribution >= 0.6 is 0 Å². The largest absolute Gasteiger partial charge is 0.501 e. The van der Waals surface area contributed by atoms with Crippen LogP contribution in [-0.4, -0.2) is 43.8 Å². The van der Waals surface area contributed by atoms with Gasteiger partial charge in [0.05, 0.1) is 6.54 Å². The fourth-order valence-corrected chi connectivity index (χ4v) is 3.24. The Morgan fingerprint density at radius 2 is 1.96 bits per heavy atom. The van der Waals surface area contributed by atoms with Gasteiger partial charge in [0.15, 0.2) is 6.54 Å². The van der Waals surface area contributed by atoms with Crippen LogP contribution in [0.4, 0.5) is 4.79 Å². The number of rotatable bonds is 4. The number of aryl methyl sites for hydroxylation is 1. The van der Waals surface area contributed by atoms with Crippen LogP contribution in [0.1, 0.15) is 18.4 Å². The predicted molar refractivity (Wildman–Crippen MR) is 98.0 cm³/mol. The Balaban J connectivity index is 1.67. The summed E-state index contributed by atoms with van der Waals surface area (Å²) in [6.07, 6.45) is 7.21. The molecule has 1 aromatic heterocycles. The third kappa shape index (κ3) is 3.01. The van der Waals surface area contributed by atoms with E-state index in [0.29, 0.717) is 24.0 Å².